The Hall–Kier alpha value is -1.58. The highest BCUT2D eigenvalue weighted by molar-refractivity contribution is 5.86. The number of carbonyl (C=O) groups is 2. The van der Waals surface area contributed by atoms with Crippen molar-refractivity contribution >= 4 is 11.9 Å². The molecule has 0 aliphatic rings. The third-order valence-corrected chi connectivity index (χ3v) is 1.92. The molecular formula is C13H22O4. The molecule has 98 valence electrons. The van der Waals surface area contributed by atoms with Crippen molar-refractivity contribution in [2.24, 2.45) is 0 Å². The van der Waals surface area contributed by atoms with Gasteiger partial charge in [-0.1, -0.05) is 32.9 Å². The van der Waals surface area contributed by atoms with Crippen molar-refractivity contribution in [2.75, 3.05) is 7.11 Å². The molecular weight excluding hydrogens is 220 g/mol. The van der Waals surface area contributed by atoms with Gasteiger partial charge >= 0.3 is 11.9 Å². The fraction of sp³-hybridized carbons (Fsp3) is 0.538. The van der Waals surface area contributed by atoms with E-state index in [1.165, 1.54) is 7.11 Å². The summed E-state index contributed by atoms with van der Waals surface area (Å²) in [6, 6.07) is 0. The summed E-state index contributed by atoms with van der Waals surface area (Å²) in [5.74, 6) is -1.21. The molecule has 0 saturated heterocycles. The summed E-state index contributed by atoms with van der Waals surface area (Å²) < 4.78 is 4.27. The van der Waals surface area contributed by atoms with E-state index >= 15 is 0 Å². The normalized spacial score (nSPS) is 8.65. The Kier molecular flexibility index (Phi) is 11.4. The van der Waals surface area contributed by atoms with Crippen LogP contribution < -0.4 is 0 Å². The lowest BCUT2D eigenvalue weighted by atomic mass is 10.1. The van der Waals surface area contributed by atoms with E-state index in [2.05, 4.69) is 24.8 Å². The Balaban J connectivity index is 0. The predicted octanol–water partition coefficient (Wildman–Crippen LogP) is 2.94. The van der Waals surface area contributed by atoms with Crippen molar-refractivity contribution in [1.29, 1.82) is 0 Å². The van der Waals surface area contributed by atoms with Crippen LogP contribution in [0.15, 0.2) is 24.3 Å². The molecule has 0 aromatic heterocycles. The van der Waals surface area contributed by atoms with Crippen LogP contribution >= 0.6 is 0 Å². The van der Waals surface area contributed by atoms with Crippen LogP contribution in [-0.2, 0) is 14.3 Å². The molecule has 0 aliphatic carbocycles. The number of hydrogen-bond acceptors (Lipinski definition) is 3. The second-order valence-electron chi connectivity index (χ2n) is 3.64. The van der Waals surface area contributed by atoms with Crippen LogP contribution in [0.3, 0.4) is 0 Å². The number of methoxy groups -OCH3 is 1. The van der Waals surface area contributed by atoms with Crippen molar-refractivity contribution in [3.05, 3.63) is 24.3 Å². The SMILES string of the molecule is C=C(C)C(=O)OC.C=C(CCCCC)C(=O)O. The minimum Gasteiger partial charge on any atom is -0.478 e. The first-order valence-electron chi connectivity index (χ1n) is 5.51. The van der Waals surface area contributed by atoms with Gasteiger partial charge in [0.2, 0.25) is 0 Å². The first kappa shape index (κ1) is 17.8. The van der Waals surface area contributed by atoms with E-state index in [1.807, 2.05) is 0 Å². The van der Waals surface area contributed by atoms with Gasteiger partial charge in [-0.15, -0.1) is 0 Å². The summed E-state index contributed by atoms with van der Waals surface area (Å²) in [7, 11) is 1.33. The third-order valence-electron chi connectivity index (χ3n) is 1.92. The molecule has 0 aliphatic heterocycles. The molecule has 0 aromatic rings. The highest BCUT2D eigenvalue weighted by Gasteiger charge is 2.01. The second-order valence-corrected chi connectivity index (χ2v) is 3.64. The van der Waals surface area contributed by atoms with Gasteiger partial charge in [0.1, 0.15) is 0 Å². The van der Waals surface area contributed by atoms with Crippen molar-refractivity contribution in [2.45, 2.75) is 39.5 Å². The molecule has 0 rings (SSSR count). The average Bonchev–Trinajstić information content (AvgIpc) is 2.28. The number of hydrogen-bond donors (Lipinski definition) is 1. The molecule has 0 saturated carbocycles. The Morgan fingerprint density at radius 3 is 2.00 bits per heavy atom. The predicted molar refractivity (Wildman–Crippen MR) is 67.7 cm³/mol. The number of unbranched alkanes of at least 4 members (excludes halogenated alkanes) is 2. The van der Waals surface area contributed by atoms with Crippen LogP contribution in [0, 0.1) is 0 Å². The summed E-state index contributed by atoms with van der Waals surface area (Å²) in [6.45, 7) is 10.5. The molecule has 0 amide bonds. The first-order chi connectivity index (χ1) is 7.86. The lowest BCUT2D eigenvalue weighted by Crippen LogP contribution is -1.98. The van der Waals surface area contributed by atoms with E-state index in [4.69, 9.17) is 5.11 Å². The van der Waals surface area contributed by atoms with Crippen LogP contribution in [0.25, 0.3) is 0 Å². The van der Waals surface area contributed by atoms with Gasteiger partial charge in [-0.05, 0) is 19.8 Å². The number of carboxylic acid groups (broad SMARTS) is 1. The van der Waals surface area contributed by atoms with Gasteiger partial charge in [0.15, 0.2) is 0 Å². The molecule has 0 bridgehead atoms. The summed E-state index contributed by atoms with van der Waals surface area (Å²) in [5.41, 5.74) is 0.760. The van der Waals surface area contributed by atoms with Crippen LogP contribution in [0.1, 0.15) is 39.5 Å². The standard InChI is InChI=1S/C8H14O2.C5H8O2/c1-3-4-5-6-7(2)8(9)10;1-4(2)5(6)7-3/h2-6H2,1H3,(H,9,10);1H2,2-3H3. The highest BCUT2D eigenvalue weighted by Crippen LogP contribution is 2.06. The minimum absolute atomic E-state index is 0.327. The zero-order valence-electron chi connectivity index (χ0n) is 10.9. The van der Waals surface area contributed by atoms with Crippen LogP contribution in [0.5, 0.6) is 0 Å². The van der Waals surface area contributed by atoms with Crippen molar-refractivity contribution in [3.63, 3.8) is 0 Å². The molecule has 4 heteroatoms. The molecule has 0 atom stereocenters. The van der Waals surface area contributed by atoms with Crippen molar-refractivity contribution in [1.82, 2.24) is 0 Å². The average molecular weight is 242 g/mol. The smallest absolute Gasteiger partial charge is 0.332 e. The van der Waals surface area contributed by atoms with E-state index in [-0.39, 0.29) is 5.97 Å². The Morgan fingerprint density at radius 2 is 1.76 bits per heavy atom. The van der Waals surface area contributed by atoms with Crippen LogP contribution in [-0.4, -0.2) is 24.2 Å². The molecule has 0 heterocycles. The number of rotatable bonds is 6. The summed E-state index contributed by atoms with van der Waals surface area (Å²) in [6.07, 6.45) is 3.78. The molecule has 0 radical (unpaired) electrons. The molecule has 0 fully saturated rings. The quantitative estimate of drug-likeness (QED) is 0.442. The Bertz CT molecular complexity index is 279. The number of esters is 1. The fourth-order valence-corrected chi connectivity index (χ4v) is 0.870. The van der Waals surface area contributed by atoms with Crippen LogP contribution in [0.4, 0.5) is 0 Å². The molecule has 0 unspecified atom stereocenters. The van der Waals surface area contributed by atoms with Gasteiger partial charge in [-0.3, -0.25) is 0 Å². The third kappa shape index (κ3) is 12.4. The van der Waals surface area contributed by atoms with Gasteiger partial charge in [0.25, 0.3) is 0 Å². The maximum Gasteiger partial charge on any atom is 0.332 e. The van der Waals surface area contributed by atoms with Gasteiger partial charge in [0.05, 0.1) is 7.11 Å². The monoisotopic (exact) mass is 242 g/mol. The molecule has 0 spiro atoms. The zero-order valence-corrected chi connectivity index (χ0v) is 10.9. The van der Waals surface area contributed by atoms with Gasteiger partial charge in [0, 0.05) is 11.1 Å². The van der Waals surface area contributed by atoms with E-state index in [9.17, 15) is 9.59 Å². The summed E-state index contributed by atoms with van der Waals surface area (Å²) >= 11 is 0. The second kappa shape index (κ2) is 10.9. The summed E-state index contributed by atoms with van der Waals surface area (Å²) in [5, 5.41) is 8.38. The molecule has 17 heavy (non-hydrogen) atoms. The Morgan fingerprint density at radius 1 is 1.24 bits per heavy atom. The number of ether oxygens (including phenoxy) is 1. The first-order valence-corrected chi connectivity index (χ1v) is 5.51. The van der Waals surface area contributed by atoms with Crippen LogP contribution in [0.2, 0.25) is 0 Å². The van der Waals surface area contributed by atoms with Crippen molar-refractivity contribution in [3.8, 4) is 0 Å². The minimum atomic E-state index is -0.865. The maximum absolute atomic E-state index is 10.2. The van der Waals surface area contributed by atoms with E-state index < -0.39 is 5.97 Å². The number of carboxylic acids is 1. The maximum atomic E-state index is 10.2. The topological polar surface area (TPSA) is 63.6 Å². The van der Waals surface area contributed by atoms with E-state index in [0.717, 1.165) is 19.3 Å². The molecule has 1 N–H and O–H groups in total. The van der Waals surface area contributed by atoms with E-state index in [1.54, 1.807) is 6.92 Å². The lowest BCUT2D eigenvalue weighted by molar-refractivity contribution is -0.136. The summed E-state index contributed by atoms with van der Waals surface area (Å²) in [4.78, 5) is 20.4. The van der Waals surface area contributed by atoms with Gasteiger partial charge < -0.3 is 9.84 Å². The van der Waals surface area contributed by atoms with E-state index in [0.29, 0.717) is 17.6 Å². The zero-order chi connectivity index (χ0) is 13.8. The number of aliphatic carboxylic acids is 1. The molecule has 0 aromatic carbocycles. The number of carbonyl (C=O) groups excluding carboxylic acids is 1. The van der Waals surface area contributed by atoms with Gasteiger partial charge in [-0.2, -0.15) is 0 Å². The largest absolute Gasteiger partial charge is 0.478 e. The lowest BCUT2D eigenvalue weighted by Gasteiger charge is -1.97. The highest BCUT2D eigenvalue weighted by atomic mass is 16.5. The van der Waals surface area contributed by atoms with Crippen molar-refractivity contribution < 1.29 is 19.4 Å². The fourth-order valence-electron chi connectivity index (χ4n) is 0.870. The Labute approximate surface area is 103 Å². The van der Waals surface area contributed by atoms with Gasteiger partial charge in [-0.25, -0.2) is 9.59 Å². The molecule has 4 nitrogen and oxygen atoms in total.